The van der Waals surface area contributed by atoms with Crippen LogP contribution in [0.5, 0.6) is 5.75 Å². The van der Waals surface area contributed by atoms with Crippen molar-refractivity contribution in [2.75, 3.05) is 5.32 Å². The van der Waals surface area contributed by atoms with Crippen LogP contribution in [0.2, 0.25) is 0 Å². The number of carbonyl (C=O) groups is 2. The summed E-state index contributed by atoms with van der Waals surface area (Å²) in [5, 5.41) is 3.17. The molecule has 1 N–H and O–H groups in total. The molecule has 2 aromatic carbocycles. The summed E-state index contributed by atoms with van der Waals surface area (Å²) >= 11 is 1.45. The maximum atomic E-state index is 13.5. The molecule has 0 radical (unpaired) electrons. The molecule has 0 unspecified atom stereocenters. The molecule has 1 amide bonds. The third-order valence-electron chi connectivity index (χ3n) is 6.62. The maximum absolute atomic E-state index is 13.5. The number of hydrogen-bond donors (Lipinski definition) is 1. The number of benzene rings is 2. The number of aliphatic imine (C=N–C) groups is 1. The summed E-state index contributed by atoms with van der Waals surface area (Å²) in [7, 11) is 0. The first-order chi connectivity index (χ1) is 17.8. The van der Waals surface area contributed by atoms with Gasteiger partial charge in [0.1, 0.15) is 10.8 Å². The molecular weight excluding hydrogens is 513 g/mol. The molecule has 3 aromatic rings. The predicted molar refractivity (Wildman–Crippen MR) is 144 cm³/mol. The van der Waals surface area contributed by atoms with Gasteiger partial charge in [0, 0.05) is 23.7 Å². The number of rotatable bonds is 5. The summed E-state index contributed by atoms with van der Waals surface area (Å²) in [6.45, 7) is 7.94. The fourth-order valence-electron chi connectivity index (χ4n) is 4.52. The van der Waals surface area contributed by atoms with Gasteiger partial charge in [-0.3, -0.25) is 9.59 Å². The highest BCUT2D eigenvalue weighted by atomic mass is 32.1. The quantitative estimate of drug-likeness (QED) is 0.203. The minimum atomic E-state index is -4.51. The van der Waals surface area contributed by atoms with Crippen LogP contribution in [0.4, 0.5) is 23.9 Å². The zero-order valence-electron chi connectivity index (χ0n) is 21.6. The van der Waals surface area contributed by atoms with Crippen LogP contribution in [0.1, 0.15) is 66.0 Å². The molecule has 0 fully saturated rings. The zero-order valence-corrected chi connectivity index (χ0v) is 22.4. The van der Waals surface area contributed by atoms with Gasteiger partial charge in [-0.15, -0.1) is 11.3 Å². The van der Waals surface area contributed by atoms with E-state index in [4.69, 9.17) is 4.74 Å². The number of nitrogens with zero attached hydrogens (tertiary/aromatic N) is 1. The van der Waals surface area contributed by atoms with Gasteiger partial charge in [0.25, 0.3) is 5.91 Å². The normalized spacial score (nSPS) is 15.8. The van der Waals surface area contributed by atoms with Crippen LogP contribution in [0.15, 0.2) is 53.5 Å². The minimum Gasteiger partial charge on any atom is -0.427 e. The second-order valence-corrected chi connectivity index (χ2v) is 11.5. The number of halogens is 3. The Balaban J connectivity index is 1.67. The van der Waals surface area contributed by atoms with Gasteiger partial charge < -0.3 is 10.1 Å². The maximum Gasteiger partial charge on any atom is 0.416 e. The molecule has 0 spiro atoms. The summed E-state index contributed by atoms with van der Waals surface area (Å²) in [4.78, 5) is 30.3. The van der Waals surface area contributed by atoms with E-state index < -0.39 is 23.6 Å². The summed E-state index contributed by atoms with van der Waals surface area (Å²) in [6.07, 6.45) is -0.453. The molecule has 1 aliphatic carbocycles. The monoisotopic (exact) mass is 542 g/mol. The number of alkyl halides is 3. The SMILES string of the molecule is CC(=O)Oc1ccc(C=Nc2sc3c(c2C(=O)Nc2cccc(C(F)(F)F)c2)CC[C@@H](C(C)(C)C)C3)cc1. The molecule has 0 bridgehead atoms. The Morgan fingerprint density at radius 3 is 2.45 bits per heavy atom. The fraction of sp³-hybridized carbons (Fsp3) is 0.345. The van der Waals surface area contributed by atoms with Crippen LogP contribution >= 0.6 is 11.3 Å². The molecule has 1 aromatic heterocycles. The van der Waals surface area contributed by atoms with Crippen LogP contribution in [0.25, 0.3) is 0 Å². The van der Waals surface area contributed by atoms with E-state index in [0.717, 1.165) is 41.0 Å². The molecule has 1 heterocycles. The third kappa shape index (κ3) is 6.51. The lowest BCUT2D eigenvalue weighted by Gasteiger charge is -2.33. The van der Waals surface area contributed by atoms with Gasteiger partial charge in [0.15, 0.2) is 0 Å². The molecule has 1 aliphatic rings. The van der Waals surface area contributed by atoms with E-state index in [-0.39, 0.29) is 11.1 Å². The first-order valence-electron chi connectivity index (χ1n) is 12.3. The first kappa shape index (κ1) is 27.6. The number of fused-ring (bicyclic) bond motifs is 1. The van der Waals surface area contributed by atoms with E-state index >= 15 is 0 Å². The third-order valence-corrected chi connectivity index (χ3v) is 7.78. The van der Waals surface area contributed by atoms with Gasteiger partial charge in [-0.1, -0.05) is 26.8 Å². The van der Waals surface area contributed by atoms with Crippen molar-refractivity contribution in [3.05, 3.63) is 75.7 Å². The molecule has 4 rings (SSSR count). The zero-order chi connectivity index (χ0) is 27.7. The summed E-state index contributed by atoms with van der Waals surface area (Å²) < 4.78 is 44.6. The van der Waals surface area contributed by atoms with E-state index in [9.17, 15) is 22.8 Å². The molecule has 0 saturated heterocycles. The number of carbonyl (C=O) groups excluding carboxylic acids is 2. The van der Waals surface area contributed by atoms with Gasteiger partial charge in [0.2, 0.25) is 0 Å². The van der Waals surface area contributed by atoms with E-state index in [1.807, 2.05) is 0 Å². The number of anilines is 1. The topological polar surface area (TPSA) is 67.8 Å². The van der Waals surface area contributed by atoms with Crippen molar-refractivity contribution in [1.29, 1.82) is 0 Å². The molecular formula is C29H29F3N2O3S. The smallest absolute Gasteiger partial charge is 0.416 e. The average Bonchev–Trinajstić information content (AvgIpc) is 3.20. The van der Waals surface area contributed by atoms with Crippen molar-refractivity contribution in [3.8, 4) is 5.75 Å². The van der Waals surface area contributed by atoms with Crippen LogP contribution < -0.4 is 10.1 Å². The molecule has 0 aliphatic heterocycles. The highest BCUT2D eigenvalue weighted by molar-refractivity contribution is 7.16. The van der Waals surface area contributed by atoms with E-state index in [2.05, 4.69) is 31.1 Å². The Morgan fingerprint density at radius 1 is 1.11 bits per heavy atom. The summed E-state index contributed by atoms with van der Waals surface area (Å²) in [5.74, 6) is -0.0387. The first-order valence-corrected chi connectivity index (χ1v) is 13.1. The lowest BCUT2D eigenvalue weighted by atomic mass is 9.72. The fourth-order valence-corrected chi connectivity index (χ4v) is 5.79. The number of amides is 1. The molecule has 5 nitrogen and oxygen atoms in total. The van der Waals surface area contributed by atoms with Gasteiger partial charge in [-0.05, 0) is 84.2 Å². The Bertz CT molecular complexity index is 1370. The van der Waals surface area contributed by atoms with Gasteiger partial charge in [-0.2, -0.15) is 13.2 Å². The Morgan fingerprint density at radius 2 is 1.82 bits per heavy atom. The van der Waals surface area contributed by atoms with Crippen LogP contribution in [0, 0.1) is 11.3 Å². The van der Waals surface area contributed by atoms with E-state index in [1.165, 1.54) is 30.4 Å². The van der Waals surface area contributed by atoms with Crippen molar-refractivity contribution in [3.63, 3.8) is 0 Å². The molecule has 0 saturated carbocycles. The highest BCUT2D eigenvalue weighted by Gasteiger charge is 2.34. The largest absolute Gasteiger partial charge is 0.427 e. The van der Waals surface area contributed by atoms with Gasteiger partial charge in [0.05, 0.1) is 11.1 Å². The van der Waals surface area contributed by atoms with Crippen LogP contribution in [0.3, 0.4) is 0 Å². The lowest BCUT2D eigenvalue weighted by molar-refractivity contribution is -0.137. The number of ether oxygens (including phenoxy) is 1. The molecule has 200 valence electrons. The number of thiophene rings is 1. The summed E-state index contributed by atoms with van der Waals surface area (Å²) in [5.41, 5.74) is 1.41. The average molecular weight is 543 g/mol. The number of hydrogen-bond acceptors (Lipinski definition) is 5. The van der Waals surface area contributed by atoms with E-state index in [0.29, 0.717) is 28.7 Å². The lowest BCUT2D eigenvalue weighted by Crippen LogP contribution is -2.27. The minimum absolute atomic E-state index is 0.0733. The second-order valence-electron chi connectivity index (χ2n) is 10.4. The Hall–Kier alpha value is -3.46. The van der Waals surface area contributed by atoms with Crippen molar-refractivity contribution in [2.45, 2.75) is 53.1 Å². The molecule has 9 heteroatoms. The number of esters is 1. The predicted octanol–water partition coefficient (Wildman–Crippen LogP) is 7.85. The molecule has 38 heavy (non-hydrogen) atoms. The van der Waals surface area contributed by atoms with Crippen molar-refractivity contribution < 1.29 is 27.5 Å². The second kappa shape index (κ2) is 10.7. The Kier molecular flexibility index (Phi) is 7.78. The standard InChI is InChI=1S/C29H29F3N2O3S/c1-17(35)37-22-11-8-18(9-12-22)16-33-27-25(23-13-10-19(28(2,3)4)15-24(23)38-27)26(36)34-21-7-5-6-20(14-21)29(30,31)32/h5-9,11-12,14,16,19H,10,13,15H2,1-4H3,(H,34,36)/t19-/m1/s1. The van der Waals surface area contributed by atoms with Crippen molar-refractivity contribution in [1.82, 2.24) is 0 Å². The summed E-state index contributed by atoms with van der Waals surface area (Å²) in [6, 6.07) is 11.4. The molecule has 1 atom stereocenters. The van der Waals surface area contributed by atoms with Gasteiger partial charge in [-0.25, -0.2) is 4.99 Å². The van der Waals surface area contributed by atoms with Crippen LogP contribution in [-0.2, 0) is 23.8 Å². The van der Waals surface area contributed by atoms with Crippen LogP contribution in [-0.4, -0.2) is 18.1 Å². The van der Waals surface area contributed by atoms with Crippen molar-refractivity contribution >= 4 is 40.1 Å². The van der Waals surface area contributed by atoms with E-state index in [1.54, 1.807) is 30.5 Å². The Labute approximate surface area is 223 Å². The number of nitrogens with one attached hydrogen (secondary N) is 1. The van der Waals surface area contributed by atoms with Gasteiger partial charge >= 0.3 is 12.1 Å². The van der Waals surface area contributed by atoms with Crippen molar-refractivity contribution in [2.24, 2.45) is 16.3 Å². The highest BCUT2D eigenvalue weighted by Crippen LogP contribution is 2.45.